The molecule has 108 valence electrons. The zero-order valence-corrected chi connectivity index (χ0v) is 13.2. The number of carbonyl (C=O) groups excluding carboxylic acids is 1. The molecule has 5 nitrogen and oxygen atoms in total. The van der Waals surface area contributed by atoms with Crippen LogP contribution in [0.15, 0.2) is 5.38 Å². The van der Waals surface area contributed by atoms with E-state index in [9.17, 15) is 4.79 Å². The molecule has 1 aliphatic rings. The molecule has 0 saturated heterocycles. The van der Waals surface area contributed by atoms with Crippen LogP contribution in [0.4, 0.5) is 5.13 Å². The molecule has 0 radical (unpaired) electrons. The number of aromatic nitrogens is 2. The smallest absolute Gasteiger partial charge is 0.276 e. The van der Waals surface area contributed by atoms with Crippen LogP contribution in [0, 0.1) is 0 Å². The first-order valence-electron chi connectivity index (χ1n) is 6.20. The van der Waals surface area contributed by atoms with Gasteiger partial charge in [0.2, 0.25) is 0 Å². The molecule has 0 fully saturated rings. The minimum atomic E-state index is -0.206. The summed E-state index contributed by atoms with van der Waals surface area (Å²) in [6, 6.07) is 0. The number of amides is 1. The van der Waals surface area contributed by atoms with Gasteiger partial charge < -0.3 is 5.73 Å². The highest BCUT2D eigenvalue weighted by Crippen LogP contribution is 2.29. The molecule has 0 bridgehead atoms. The number of rotatable bonds is 3. The van der Waals surface area contributed by atoms with Crippen molar-refractivity contribution < 1.29 is 4.79 Å². The Morgan fingerprint density at radius 1 is 1.35 bits per heavy atom. The SMILES string of the molecule is Cl.NCc1nc(C(=O)Nc2nc3c(s2)CCCC3)cs1. The van der Waals surface area contributed by atoms with E-state index < -0.39 is 0 Å². The summed E-state index contributed by atoms with van der Waals surface area (Å²) in [7, 11) is 0. The molecule has 2 heterocycles. The first-order valence-corrected chi connectivity index (χ1v) is 7.90. The van der Waals surface area contributed by atoms with Crippen LogP contribution in [0.5, 0.6) is 0 Å². The van der Waals surface area contributed by atoms with Gasteiger partial charge >= 0.3 is 0 Å². The lowest BCUT2D eigenvalue weighted by Gasteiger charge is -2.06. The Morgan fingerprint density at radius 2 is 2.15 bits per heavy atom. The minimum absolute atomic E-state index is 0. The average Bonchev–Trinajstić information content (AvgIpc) is 3.04. The van der Waals surface area contributed by atoms with Gasteiger partial charge in [-0.15, -0.1) is 35.1 Å². The second-order valence-electron chi connectivity index (χ2n) is 4.38. The third-order valence-corrected chi connectivity index (χ3v) is 4.97. The van der Waals surface area contributed by atoms with Gasteiger partial charge in [0.25, 0.3) is 5.91 Å². The average molecular weight is 331 g/mol. The molecular formula is C12H15ClN4OS2. The van der Waals surface area contributed by atoms with Crippen LogP contribution in [-0.4, -0.2) is 15.9 Å². The number of anilines is 1. The summed E-state index contributed by atoms with van der Waals surface area (Å²) in [5.41, 5.74) is 7.05. The Balaban J connectivity index is 0.00000147. The number of hydrogen-bond acceptors (Lipinski definition) is 6. The summed E-state index contributed by atoms with van der Waals surface area (Å²) in [5, 5.41) is 6.00. The molecule has 0 aromatic carbocycles. The predicted octanol–water partition coefficient (Wildman–Crippen LogP) is 2.61. The fraction of sp³-hybridized carbons (Fsp3) is 0.417. The molecule has 0 spiro atoms. The monoisotopic (exact) mass is 330 g/mol. The van der Waals surface area contributed by atoms with Gasteiger partial charge in [0.05, 0.1) is 5.69 Å². The van der Waals surface area contributed by atoms with Crippen LogP contribution in [0.3, 0.4) is 0 Å². The first kappa shape index (κ1) is 15.4. The van der Waals surface area contributed by atoms with Crippen molar-refractivity contribution in [1.82, 2.24) is 9.97 Å². The van der Waals surface area contributed by atoms with Crippen molar-refractivity contribution in [1.29, 1.82) is 0 Å². The summed E-state index contributed by atoms with van der Waals surface area (Å²) >= 11 is 2.98. The Morgan fingerprint density at radius 3 is 2.85 bits per heavy atom. The largest absolute Gasteiger partial charge is 0.325 e. The third-order valence-electron chi connectivity index (χ3n) is 3.03. The zero-order chi connectivity index (χ0) is 13.2. The summed E-state index contributed by atoms with van der Waals surface area (Å²) in [4.78, 5) is 22.0. The second-order valence-corrected chi connectivity index (χ2v) is 6.41. The number of carbonyl (C=O) groups is 1. The molecule has 1 aliphatic carbocycles. The van der Waals surface area contributed by atoms with Gasteiger partial charge in [0, 0.05) is 16.8 Å². The lowest BCUT2D eigenvalue weighted by molar-refractivity contribution is 0.102. The molecule has 0 atom stereocenters. The highest BCUT2D eigenvalue weighted by molar-refractivity contribution is 7.16. The van der Waals surface area contributed by atoms with Gasteiger partial charge in [0.1, 0.15) is 10.7 Å². The molecule has 2 aromatic heterocycles. The van der Waals surface area contributed by atoms with Crippen LogP contribution in [0.2, 0.25) is 0 Å². The Bertz CT molecular complexity index is 587. The van der Waals surface area contributed by atoms with Crippen LogP contribution < -0.4 is 11.1 Å². The lowest BCUT2D eigenvalue weighted by atomic mass is 10.0. The van der Waals surface area contributed by atoms with E-state index in [0.717, 1.165) is 23.5 Å². The van der Waals surface area contributed by atoms with Gasteiger partial charge in [-0.05, 0) is 25.7 Å². The van der Waals surface area contributed by atoms with E-state index in [1.165, 1.54) is 29.1 Å². The van der Waals surface area contributed by atoms with Crippen LogP contribution in [-0.2, 0) is 19.4 Å². The number of nitrogens with zero attached hydrogens (tertiary/aromatic N) is 2. The van der Waals surface area contributed by atoms with Crippen molar-refractivity contribution in [3.8, 4) is 0 Å². The molecule has 20 heavy (non-hydrogen) atoms. The highest BCUT2D eigenvalue weighted by Gasteiger charge is 2.17. The lowest BCUT2D eigenvalue weighted by Crippen LogP contribution is -2.12. The molecule has 0 saturated carbocycles. The van der Waals surface area contributed by atoms with Crippen LogP contribution in [0.25, 0.3) is 0 Å². The standard InChI is InChI=1S/C12H14N4OS2.ClH/c13-5-10-14-8(6-18-10)11(17)16-12-15-7-3-1-2-4-9(7)19-12;/h6H,1-5,13H2,(H,15,16,17);1H. The summed E-state index contributed by atoms with van der Waals surface area (Å²) in [6.45, 7) is 0.365. The molecular weight excluding hydrogens is 316 g/mol. The molecule has 0 unspecified atom stereocenters. The first-order chi connectivity index (χ1) is 9.26. The van der Waals surface area contributed by atoms with Gasteiger partial charge in [-0.25, -0.2) is 9.97 Å². The highest BCUT2D eigenvalue weighted by atomic mass is 35.5. The van der Waals surface area contributed by atoms with Crippen molar-refractivity contribution in [2.24, 2.45) is 5.73 Å². The van der Waals surface area contributed by atoms with Crippen molar-refractivity contribution in [2.75, 3.05) is 5.32 Å². The molecule has 2 aromatic rings. The number of fused-ring (bicyclic) bond motifs is 1. The van der Waals surface area contributed by atoms with Crippen molar-refractivity contribution in [2.45, 2.75) is 32.2 Å². The van der Waals surface area contributed by atoms with E-state index >= 15 is 0 Å². The fourth-order valence-electron chi connectivity index (χ4n) is 2.08. The summed E-state index contributed by atoms with van der Waals surface area (Å²) in [6.07, 6.45) is 4.51. The zero-order valence-electron chi connectivity index (χ0n) is 10.7. The number of thiazole rings is 2. The number of halogens is 1. The van der Waals surface area contributed by atoms with E-state index in [0.29, 0.717) is 17.4 Å². The molecule has 3 rings (SSSR count). The normalized spacial score (nSPS) is 13.4. The summed E-state index contributed by atoms with van der Waals surface area (Å²) < 4.78 is 0. The number of aryl methyl sites for hydroxylation is 2. The molecule has 8 heteroatoms. The minimum Gasteiger partial charge on any atom is -0.325 e. The number of nitrogens with one attached hydrogen (secondary N) is 1. The maximum absolute atomic E-state index is 12.0. The Hall–Kier alpha value is -1.02. The maximum atomic E-state index is 12.0. The van der Waals surface area contributed by atoms with Gasteiger partial charge in [-0.3, -0.25) is 10.1 Å². The summed E-state index contributed by atoms with van der Waals surface area (Å²) in [5.74, 6) is -0.206. The third kappa shape index (κ3) is 3.17. The van der Waals surface area contributed by atoms with Crippen molar-refractivity contribution in [3.05, 3.63) is 26.7 Å². The van der Waals surface area contributed by atoms with E-state index in [-0.39, 0.29) is 18.3 Å². The Kier molecular flexibility index (Phi) is 5.09. The van der Waals surface area contributed by atoms with Crippen molar-refractivity contribution in [3.63, 3.8) is 0 Å². The van der Waals surface area contributed by atoms with E-state index in [2.05, 4.69) is 15.3 Å². The topological polar surface area (TPSA) is 80.9 Å². The predicted molar refractivity (Wildman–Crippen MR) is 84.0 cm³/mol. The van der Waals surface area contributed by atoms with Crippen molar-refractivity contribution >= 4 is 46.1 Å². The van der Waals surface area contributed by atoms with E-state index in [1.807, 2.05) is 0 Å². The fourth-order valence-corrected chi connectivity index (χ4v) is 3.78. The van der Waals surface area contributed by atoms with Crippen LogP contribution in [0.1, 0.15) is 38.9 Å². The van der Waals surface area contributed by atoms with Gasteiger partial charge in [-0.1, -0.05) is 0 Å². The van der Waals surface area contributed by atoms with Gasteiger partial charge in [-0.2, -0.15) is 0 Å². The molecule has 0 aliphatic heterocycles. The van der Waals surface area contributed by atoms with E-state index in [4.69, 9.17) is 5.73 Å². The quantitative estimate of drug-likeness (QED) is 0.906. The maximum Gasteiger partial charge on any atom is 0.276 e. The van der Waals surface area contributed by atoms with E-state index in [1.54, 1.807) is 16.7 Å². The molecule has 1 amide bonds. The van der Waals surface area contributed by atoms with Gasteiger partial charge in [0.15, 0.2) is 5.13 Å². The molecule has 3 N–H and O–H groups in total. The number of nitrogens with two attached hydrogens (primary N) is 1. The second kappa shape index (κ2) is 6.62. The van der Waals surface area contributed by atoms with Crippen LogP contribution >= 0.6 is 35.1 Å². The number of hydrogen-bond donors (Lipinski definition) is 2. The Labute approximate surface area is 131 Å².